The molecule has 1 aromatic rings. The van der Waals surface area contributed by atoms with Crippen LogP contribution in [0.2, 0.25) is 0 Å². The lowest BCUT2D eigenvalue weighted by Gasteiger charge is -2.05. The van der Waals surface area contributed by atoms with Gasteiger partial charge in [0, 0.05) is 0 Å². The fraction of sp³-hybridized carbons (Fsp3) is 0.300. The van der Waals surface area contributed by atoms with Crippen LogP contribution in [-0.2, 0) is 0 Å². The van der Waals surface area contributed by atoms with E-state index in [9.17, 15) is 4.39 Å². The van der Waals surface area contributed by atoms with Crippen LogP contribution in [0, 0.1) is 5.82 Å². The second kappa shape index (κ2) is 5.21. The summed E-state index contributed by atoms with van der Waals surface area (Å²) in [6.45, 7) is 2.48. The molecule has 76 valence electrons. The highest BCUT2D eigenvalue weighted by atomic mass is 19.1. The average molecular weight is 196 g/mol. The van der Waals surface area contributed by atoms with Crippen LogP contribution in [0.3, 0.4) is 0 Å². The lowest BCUT2D eigenvalue weighted by atomic mass is 10.2. The van der Waals surface area contributed by atoms with Gasteiger partial charge in [-0.15, -0.1) is 0 Å². The van der Waals surface area contributed by atoms with E-state index < -0.39 is 5.82 Å². The van der Waals surface area contributed by atoms with Gasteiger partial charge in [0.1, 0.15) is 0 Å². The molecule has 0 bridgehead atoms. The molecule has 0 heterocycles. The van der Waals surface area contributed by atoms with E-state index in [0.717, 1.165) is 6.42 Å². The third kappa shape index (κ3) is 2.73. The summed E-state index contributed by atoms with van der Waals surface area (Å²) in [5.74, 6) is 4.82. The first kappa shape index (κ1) is 10.5. The standard InChI is InChI=1S/C10H13FN2O/c1-2-5-14-10-4-3-8(7-13-12)6-9(10)11/h3-4,6-7H,2,5,12H2,1H3. The Kier molecular flexibility index (Phi) is 3.91. The fourth-order valence-corrected chi connectivity index (χ4v) is 1.01. The number of rotatable bonds is 4. The van der Waals surface area contributed by atoms with Gasteiger partial charge in [-0.1, -0.05) is 6.92 Å². The summed E-state index contributed by atoms with van der Waals surface area (Å²) >= 11 is 0. The first-order chi connectivity index (χ1) is 6.77. The summed E-state index contributed by atoms with van der Waals surface area (Å²) in [5.41, 5.74) is 0.619. The molecular weight excluding hydrogens is 183 g/mol. The van der Waals surface area contributed by atoms with Crippen LogP contribution in [0.5, 0.6) is 5.75 Å². The van der Waals surface area contributed by atoms with Crippen LogP contribution in [0.15, 0.2) is 23.3 Å². The van der Waals surface area contributed by atoms with E-state index in [0.29, 0.717) is 12.2 Å². The van der Waals surface area contributed by atoms with E-state index in [4.69, 9.17) is 10.6 Å². The molecule has 0 fully saturated rings. The van der Waals surface area contributed by atoms with Gasteiger partial charge < -0.3 is 10.6 Å². The van der Waals surface area contributed by atoms with Gasteiger partial charge in [0.15, 0.2) is 11.6 Å². The Balaban J connectivity index is 2.79. The zero-order valence-corrected chi connectivity index (χ0v) is 8.03. The number of ether oxygens (including phenoxy) is 1. The lowest BCUT2D eigenvalue weighted by Crippen LogP contribution is -1.98. The Morgan fingerprint density at radius 1 is 1.57 bits per heavy atom. The highest BCUT2D eigenvalue weighted by molar-refractivity contribution is 5.79. The smallest absolute Gasteiger partial charge is 0.165 e. The van der Waals surface area contributed by atoms with Crippen molar-refractivity contribution in [2.75, 3.05) is 6.61 Å². The van der Waals surface area contributed by atoms with Crippen molar-refractivity contribution in [3.63, 3.8) is 0 Å². The number of halogens is 1. The van der Waals surface area contributed by atoms with Gasteiger partial charge >= 0.3 is 0 Å². The highest BCUT2D eigenvalue weighted by Gasteiger charge is 2.02. The molecule has 1 rings (SSSR count). The van der Waals surface area contributed by atoms with Crippen LogP contribution in [0.4, 0.5) is 4.39 Å². The van der Waals surface area contributed by atoms with Crippen molar-refractivity contribution < 1.29 is 9.13 Å². The lowest BCUT2D eigenvalue weighted by molar-refractivity contribution is 0.301. The van der Waals surface area contributed by atoms with E-state index in [2.05, 4.69) is 5.10 Å². The molecule has 0 amide bonds. The van der Waals surface area contributed by atoms with Crippen LogP contribution < -0.4 is 10.6 Å². The van der Waals surface area contributed by atoms with Crippen molar-refractivity contribution in [1.82, 2.24) is 0 Å². The van der Waals surface area contributed by atoms with Crippen molar-refractivity contribution in [2.45, 2.75) is 13.3 Å². The zero-order chi connectivity index (χ0) is 10.4. The summed E-state index contributed by atoms with van der Waals surface area (Å²) in [6, 6.07) is 4.60. The molecule has 0 aromatic heterocycles. The molecule has 0 radical (unpaired) electrons. The highest BCUT2D eigenvalue weighted by Crippen LogP contribution is 2.17. The maximum Gasteiger partial charge on any atom is 0.165 e. The van der Waals surface area contributed by atoms with Gasteiger partial charge in [0.05, 0.1) is 12.8 Å². The van der Waals surface area contributed by atoms with E-state index in [1.54, 1.807) is 12.1 Å². The predicted octanol–water partition coefficient (Wildman–Crippen LogP) is 1.91. The maximum absolute atomic E-state index is 13.3. The second-order valence-corrected chi connectivity index (χ2v) is 2.82. The summed E-state index contributed by atoms with van der Waals surface area (Å²) in [5, 5.41) is 3.31. The van der Waals surface area contributed by atoms with Crippen LogP contribution in [0.1, 0.15) is 18.9 Å². The Hall–Kier alpha value is -1.58. The minimum atomic E-state index is -0.393. The minimum absolute atomic E-state index is 0.265. The third-order valence-electron chi connectivity index (χ3n) is 1.64. The molecule has 0 aliphatic rings. The fourth-order valence-electron chi connectivity index (χ4n) is 1.01. The van der Waals surface area contributed by atoms with Gasteiger partial charge in [-0.2, -0.15) is 5.10 Å². The molecule has 0 saturated carbocycles. The summed E-state index contributed by atoms with van der Waals surface area (Å²) in [4.78, 5) is 0. The van der Waals surface area contributed by atoms with Crippen molar-refractivity contribution in [3.05, 3.63) is 29.6 Å². The zero-order valence-electron chi connectivity index (χ0n) is 8.03. The predicted molar refractivity (Wildman–Crippen MR) is 54.0 cm³/mol. The molecule has 0 aliphatic carbocycles. The van der Waals surface area contributed by atoms with Gasteiger partial charge in [-0.05, 0) is 30.2 Å². The molecule has 14 heavy (non-hydrogen) atoms. The number of nitrogens with zero attached hydrogens (tertiary/aromatic N) is 1. The van der Waals surface area contributed by atoms with Crippen LogP contribution in [-0.4, -0.2) is 12.8 Å². The number of hydrazone groups is 1. The van der Waals surface area contributed by atoms with E-state index >= 15 is 0 Å². The molecule has 1 aromatic carbocycles. The van der Waals surface area contributed by atoms with E-state index in [1.807, 2.05) is 6.92 Å². The van der Waals surface area contributed by atoms with Gasteiger partial charge in [-0.3, -0.25) is 0 Å². The van der Waals surface area contributed by atoms with Crippen molar-refractivity contribution in [3.8, 4) is 5.75 Å². The first-order valence-corrected chi connectivity index (χ1v) is 4.43. The SMILES string of the molecule is CCCOc1ccc(C=NN)cc1F. The Morgan fingerprint density at radius 3 is 2.93 bits per heavy atom. The van der Waals surface area contributed by atoms with Crippen LogP contribution >= 0.6 is 0 Å². The molecular formula is C10H13FN2O. The number of benzene rings is 1. The Labute approximate surface area is 82.4 Å². The van der Waals surface area contributed by atoms with Crippen LogP contribution in [0.25, 0.3) is 0 Å². The summed E-state index contributed by atoms with van der Waals surface area (Å²) < 4.78 is 18.4. The Morgan fingerprint density at radius 2 is 2.36 bits per heavy atom. The molecule has 0 saturated heterocycles. The maximum atomic E-state index is 13.3. The van der Waals surface area contributed by atoms with Gasteiger partial charge in [0.25, 0.3) is 0 Å². The third-order valence-corrected chi connectivity index (χ3v) is 1.64. The normalized spacial score (nSPS) is 10.7. The van der Waals surface area contributed by atoms with E-state index in [1.165, 1.54) is 12.3 Å². The quantitative estimate of drug-likeness (QED) is 0.454. The van der Waals surface area contributed by atoms with Gasteiger partial charge in [0.2, 0.25) is 0 Å². The number of hydrogen-bond acceptors (Lipinski definition) is 3. The number of nitrogens with two attached hydrogens (primary N) is 1. The number of hydrogen-bond donors (Lipinski definition) is 1. The molecule has 4 heteroatoms. The molecule has 2 N–H and O–H groups in total. The Bertz CT molecular complexity index is 326. The molecule has 0 aliphatic heterocycles. The van der Waals surface area contributed by atoms with Crippen molar-refractivity contribution in [1.29, 1.82) is 0 Å². The molecule has 0 spiro atoms. The second-order valence-electron chi connectivity index (χ2n) is 2.82. The van der Waals surface area contributed by atoms with Gasteiger partial charge in [-0.25, -0.2) is 4.39 Å². The van der Waals surface area contributed by atoms with E-state index in [-0.39, 0.29) is 5.75 Å². The first-order valence-electron chi connectivity index (χ1n) is 4.43. The summed E-state index contributed by atoms with van der Waals surface area (Å²) in [7, 11) is 0. The topological polar surface area (TPSA) is 47.6 Å². The molecule has 0 atom stereocenters. The average Bonchev–Trinajstić information content (AvgIpc) is 2.17. The van der Waals surface area contributed by atoms with Crippen molar-refractivity contribution >= 4 is 6.21 Å². The minimum Gasteiger partial charge on any atom is -0.491 e. The largest absolute Gasteiger partial charge is 0.491 e. The molecule has 3 nitrogen and oxygen atoms in total. The summed E-state index contributed by atoms with van der Waals surface area (Å²) in [6.07, 6.45) is 2.23. The van der Waals surface area contributed by atoms with Crippen molar-refractivity contribution in [2.24, 2.45) is 10.9 Å². The molecule has 0 unspecified atom stereocenters. The monoisotopic (exact) mass is 196 g/mol.